The first kappa shape index (κ1) is 19.7. The fourth-order valence-corrected chi connectivity index (χ4v) is 4.17. The van der Waals surface area contributed by atoms with Gasteiger partial charge >= 0.3 is 0 Å². The van der Waals surface area contributed by atoms with E-state index in [9.17, 15) is 9.90 Å². The topological polar surface area (TPSA) is 49.4 Å². The lowest BCUT2D eigenvalue weighted by Crippen LogP contribution is -2.18. The smallest absolute Gasteiger partial charge is 0.127 e. The monoisotopic (exact) mass is 411 g/mol. The van der Waals surface area contributed by atoms with Gasteiger partial charge in [0, 0.05) is 10.4 Å². The van der Waals surface area contributed by atoms with Crippen molar-refractivity contribution in [2.24, 2.45) is 0 Å². The lowest BCUT2D eigenvalue weighted by Gasteiger charge is -2.10. The fourth-order valence-electron chi connectivity index (χ4n) is 3.21. The predicted octanol–water partition coefficient (Wildman–Crippen LogP) is 5.42. The first-order chi connectivity index (χ1) is 14.7. The molecule has 3 aromatic carbocycles. The molecule has 0 N–H and O–H groups in total. The van der Waals surface area contributed by atoms with E-state index in [0.717, 1.165) is 44.5 Å². The summed E-state index contributed by atoms with van der Waals surface area (Å²) in [5.74, 6) is -0.378. The molecule has 0 aliphatic carbocycles. The molecule has 4 heteroatoms. The summed E-state index contributed by atoms with van der Waals surface area (Å²) in [4.78, 5) is 11.9. The van der Waals surface area contributed by atoms with Crippen LogP contribution in [-0.4, -0.2) is 5.97 Å². The second kappa shape index (κ2) is 9.25. The van der Waals surface area contributed by atoms with Gasteiger partial charge in [-0.1, -0.05) is 78.9 Å². The van der Waals surface area contributed by atoms with Crippen LogP contribution in [0.5, 0.6) is 5.75 Å². The molecule has 0 saturated heterocycles. The molecule has 0 spiro atoms. The van der Waals surface area contributed by atoms with Gasteiger partial charge in [0.05, 0.1) is 5.97 Å². The molecule has 1 aromatic heterocycles. The SMILES string of the molecule is O=C([O-])/C=C/c1ccccc1-c1cc(-c2ccccc2OCc2ccccc2)cs1. The predicted molar refractivity (Wildman–Crippen MR) is 120 cm³/mol. The standard InChI is InChI=1S/C26H20O3S/c27-26(28)15-14-20-10-4-5-12-23(20)25-16-21(18-30-25)22-11-6-7-13-24(22)29-17-19-8-2-1-3-9-19/h1-16,18H,17H2,(H,27,28)/p-1/b15-14+. The Morgan fingerprint density at radius 1 is 0.900 bits per heavy atom. The maximum atomic E-state index is 10.8. The highest BCUT2D eigenvalue weighted by atomic mass is 32.1. The molecule has 0 aliphatic rings. The fraction of sp³-hybridized carbons (Fsp3) is 0.0385. The highest BCUT2D eigenvalue weighted by Crippen LogP contribution is 2.38. The molecule has 0 unspecified atom stereocenters. The van der Waals surface area contributed by atoms with Gasteiger partial charge in [0.15, 0.2) is 0 Å². The van der Waals surface area contributed by atoms with E-state index in [1.807, 2.05) is 78.9 Å². The molecule has 0 atom stereocenters. The molecule has 0 fully saturated rings. The van der Waals surface area contributed by atoms with Crippen molar-refractivity contribution < 1.29 is 14.6 Å². The van der Waals surface area contributed by atoms with Crippen molar-refractivity contribution in [3.63, 3.8) is 0 Å². The normalized spacial score (nSPS) is 10.9. The number of thiophene rings is 1. The van der Waals surface area contributed by atoms with Crippen molar-refractivity contribution >= 4 is 23.4 Å². The van der Waals surface area contributed by atoms with Gasteiger partial charge < -0.3 is 14.6 Å². The third kappa shape index (κ3) is 4.67. The van der Waals surface area contributed by atoms with E-state index in [0.29, 0.717) is 6.61 Å². The zero-order valence-electron chi connectivity index (χ0n) is 16.2. The second-order valence-corrected chi connectivity index (χ2v) is 7.62. The number of hydrogen-bond acceptors (Lipinski definition) is 4. The molecule has 4 rings (SSSR count). The van der Waals surface area contributed by atoms with Gasteiger partial charge in [0.25, 0.3) is 0 Å². The minimum absolute atomic E-state index is 0.506. The van der Waals surface area contributed by atoms with Crippen LogP contribution in [0.25, 0.3) is 27.6 Å². The summed E-state index contributed by atoms with van der Waals surface area (Å²) in [5.41, 5.74) is 5.03. The van der Waals surface area contributed by atoms with E-state index in [1.54, 1.807) is 17.4 Å². The van der Waals surface area contributed by atoms with E-state index in [2.05, 4.69) is 11.4 Å². The average molecular weight is 412 g/mol. The first-order valence-electron chi connectivity index (χ1n) is 9.54. The molecular formula is C26H19O3S-. The summed E-state index contributed by atoms with van der Waals surface area (Å²) in [7, 11) is 0. The van der Waals surface area contributed by atoms with Crippen LogP contribution >= 0.6 is 11.3 Å². The average Bonchev–Trinajstić information content (AvgIpc) is 3.27. The van der Waals surface area contributed by atoms with Crippen LogP contribution in [-0.2, 0) is 11.4 Å². The van der Waals surface area contributed by atoms with Gasteiger partial charge in [0.2, 0.25) is 0 Å². The van der Waals surface area contributed by atoms with Crippen LogP contribution in [0, 0.1) is 0 Å². The van der Waals surface area contributed by atoms with Crippen molar-refractivity contribution in [1.29, 1.82) is 0 Å². The number of carboxylic acids is 1. The van der Waals surface area contributed by atoms with E-state index in [4.69, 9.17) is 4.74 Å². The third-order valence-corrected chi connectivity index (χ3v) is 5.62. The van der Waals surface area contributed by atoms with E-state index in [1.165, 1.54) is 0 Å². The Morgan fingerprint density at radius 3 is 2.40 bits per heavy atom. The quantitative estimate of drug-likeness (QED) is 0.381. The molecule has 1 heterocycles. The Bertz CT molecular complexity index is 1180. The summed E-state index contributed by atoms with van der Waals surface area (Å²) in [6, 6.07) is 27.9. The van der Waals surface area contributed by atoms with Gasteiger partial charge in [0.1, 0.15) is 12.4 Å². The molecule has 3 nitrogen and oxygen atoms in total. The highest BCUT2D eigenvalue weighted by molar-refractivity contribution is 7.14. The molecule has 0 amide bonds. The Hall–Kier alpha value is -3.63. The van der Waals surface area contributed by atoms with E-state index < -0.39 is 5.97 Å². The maximum Gasteiger partial charge on any atom is 0.127 e. The summed E-state index contributed by atoms with van der Waals surface area (Å²) >= 11 is 1.62. The van der Waals surface area contributed by atoms with Crippen molar-refractivity contribution in [3.05, 3.63) is 108 Å². The van der Waals surface area contributed by atoms with Crippen LogP contribution < -0.4 is 9.84 Å². The van der Waals surface area contributed by atoms with Crippen LogP contribution in [0.2, 0.25) is 0 Å². The summed E-state index contributed by atoms with van der Waals surface area (Å²) in [5, 5.41) is 12.9. The lowest BCUT2D eigenvalue weighted by molar-refractivity contribution is -0.297. The van der Waals surface area contributed by atoms with Gasteiger partial charge in [-0.15, -0.1) is 11.3 Å². The molecule has 30 heavy (non-hydrogen) atoms. The number of hydrogen-bond donors (Lipinski definition) is 0. The van der Waals surface area contributed by atoms with Crippen molar-refractivity contribution in [3.8, 4) is 27.3 Å². The number of benzene rings is 3. The number of carbonyl (C=O) groups excluding carboxylic acids is 1. The molecular weight excluding hydrogens is 392 g/mol. The molecule has 4 aromatic rings. The van der Waals surface area contributed by atoms with Crippen LogP contribution in [0.1, 0.15) is 11.1 Å². The van der Waals surface area contributed by atoms with Crippen LogP contribution in [0.4, 0.5) is 0 Å². The Kier molecular flexibility index (Phi) is 6.06. The van der Waals surface area contributed by atoms with Crippen molar-refractivity contribution in [1.82, 2.24) is 0 Å². The third-order valence-electron chi connectivity index (χ3n) is 4.66. The van der Waals surface area contributed by atoms with E-state index in [-0.39, 0.29) is 0 Å². The lowest BCUT2D eigenvalue weighted by atomic mass is 10.0. The molecule has 0 bridgehead atoms. The van der Waals surface area contributed by atoms with E-state index >= 15 is 0 Å². The first-order valence-corrected chi connectivity index (χ1v) is 10.4. The number of para-hydroxylation sites is 1. The minimum Gasteiger partial charge on any atom is -0.545 e. The van der Waals surface area contributed by atoms with Crippen LogP contribution in [0.15, 0.2) is 96.4 Å². The maximum absolute atomic E-state index is 10.8. The number of carboxylic acid groups (broad SMARTS) is 1. The summed E-state index contributed by atoms with van der Waals surface area (Å²) < 4.78 is 6.10. The molecule has 0 saturated carbocycles. The zero-order chi connectivity index (χ0) is 20.8. The summed E-state index contributed by atoms with van der Waals surface area (Å²) in [6.07, 6.45) is 2.63. The van der Waals surface area contributed by atoms with Crippen molar-refractivity contribution in [2.75, 3.05) is 0 Å². The largest absolute Gasteiger partial charge is 0.545 e. The Morgan fingerprint density at radius 2 is 1.60 bits per heavy atom. The Labute approximate surface area is 179 Å². The summed E-state index contributed by atoms with van der Waals surface area (Å²) in [6.45, 7) is 0.506. The molecule has 148 valence electrons. The zero-order valence-corrected chi connectivity index (χ0v) is 17.0. The van der Waals surface area contributed by atoms with Gasteiger partial charge in [-0.3, -0.25) is 0 Å². The van der Waals surface area contributed by atoms with Crippen LogP contribution in [0.3, 0.4) is 0 Å². The highest BCUT2D eigenvalue weighted by Gasteiger charge is 2.11. The second-order valence-electron chi connectivity index (χ2n) is 6.71. The number of aliphatic carboxylic acids is 1. The number of rotatable bonds is 7. The van der Waals surface area contributed by atoms with Gasteiger partial charge in [-0.25, -0.2) is 0 Å². The van der Waals surface area contributed by atoms with Crippen molar-refractivity contribution in [2.45, 2.75) is 6.61 Å². The van der Waals surface area contributed by atoms with Gasteiger partial charge in [-0.05, 0) is 45.8 Å². The number of ether oxygens (including phenoxy) is 1. The minimum atomic E-state index is -1.21. The number of carbonyl (C=O) groups is 1. The molecule has 0 radical (unpaired) electrons. The Balaban J connectivity index is 1.62. The van der Waals surface area contributed by atoms with Gasteiger partial charge in [-0.2, -0.15) is 0 Å². The molecule has 0 aliphatic heterocycles.